The second-order valence-corrected chi connectivity index (χ2v) is 5.88. The molecule has 1 N–H and O–H groups in total. The van der Waals surface area contributed by atoms with E-state index in [2.05, 4.69) is 32.1 Å². The minimum absolute atomic E-state index is 0.509. The molecule has 0 heterocycles. The molecule has 0 saturated heterocycles. The summed E-state index contributed by atoms with van der Waals surface area (Å²) in [6.07, 6.45) is 11.3. The molecule has 1 rings (SSSR count). The maximum atomic E-state index is 9.65. The Morgan fingerprint density at radius 3 is 2.69 bits per heavy atom. The van der Waals surface area contributed by atoms with Crippen molar-refractivity contribution in [2.75, 3.05) is 0 Å². The molecular weight excluding hydrogens is 196 g/mol. The molecule has 1 heteroatoms. The largest absolute Gasteiger partial charge is 0.390 e. The summed E-state index contributed by atoms with van der Waals surface area (Å²) in [5.74, 6) is 1.33. The van der Waals surface area contributed by atoms with Gasteiger partial charge in [0.2, 0.25) is 0 Å². The Morgan fingerprint density at radius 2 is 2.19 bits per heavy atom. The Bertz CT molecular complexity index is 268. The third kappa shape index (κ3) is 4.98. The van der Waals surface area contributed by atoms with Crippen molar-refractivity contribution in [2.45, 2.75) is 59.0 Å². The van der Waals surface area contributed by atoms with Gasteiger partial charge in [-0.05, 0) is 50.5 Å². The lowest BCUT2D eigenvalue weighted by atomic mass is 9.87. The van der Waals surface area contributed by atoms with E-state index in [1.807, 2.05) is 13.8 Å². The zero-order valence-electron chi connectivity index (χ0n) is 11.2. The number of hydrogen-bond acceptors (Lipinski definition) is 1. The Balaban J connectivity index is 2.31. The van der Waals surface area contributed by atoms with E-state index >= 15 is 0 Å². The van der Waals surface area contributed by atoms with Gasteiger partial charge in [-0.3, -0.25) is 0 Å². The summed E-state index contributed by atoms with van der Waals surface area (Å²) < 4.78 is 0. The molecule has 16 heavy (non-hydrogen) atoms. The molecule has 0 radical (unpaired) electrons. The summed E-state index contributed by atoms with van der Waals surface area (Å²) in [5.41, 5.74) is 0.972. The smallest absolute Gasteiger partial charge is 0.0591 e. The number of aliphatic hydroxyl groups is 1. The minimum atomic E-state index is -0.509. The standard InChI is InChI=1S/C15H26O/c1-12-7-9-14(10-8-12)13(2)6-5-11-15(3,4)16/h7,9-10,12-13,16H,5-6,8,11H2,1-4H3. The molecular formula is C15H26O. The Labute approximate surface area is 100 Å². The van der Waals surface area contributed by atoms with Gasteiger partial charge in [0.05, 0.1) is 5.60 Å². The second kappa shape index (κ2) is 5.67. The fourth-order valence-corrected chi connectivity index (χ4v) is 2.12. The van der Waals surface area contributed by atoms with E-state index in [4.69, 9.17) is 0 Å². The van der Waals surface area contributed by atoms with E-state index < -0.39 is 5.60 Å². The Hall–Kier alpha value is -0.560. The summed E-state index contributed by atoms with van der Waals surface area (Å²) in [6.45, 7) is 8.32. The molecule has 0 aliphatic heterocycles. The van der Waals surface area contributed by atoms with E-state index in [0.29, 0.717) is 11.8 Å². The first-order chi connectivity index (χ1) is 7.38. The molecule has 0 fully saturated rings. The molecule has 0 aromatic carbocycles. The molecule has 1 nitrogen and oxygen atoms in total. The highest BCUT2D eigenvalue weighted by molar-refractivity contribution is 5.25. The van der Waals surface area contributed by atoms with Crippen LogP contribution >= 0.6 is 0 Å². The van der Waals surface area contributed by atoms with Crippen molar-refractivity contribution in [2.24, 2.45) is 11.8 Å². The van der Waals surface area contributed by atoms with Crippen molar-refractivity contribution < 1.29 is 5.11 Å². The summed E-state index contributed by atoms with van der Waals surface area (Å²) >= 11 is 0. The van der Waals surface area contributed by atoms with Crippen molar-refractivity contribution in [1.82, 2.24) is 0 Å². The first-order valence-corrected chi connectivity index (χ1v) is 6.49. The third-order valence-electron chi connectivity index (χ3n) is 3.34. The number of rotatable bonds is 5. The molecule has 0 spiro atoms. The van der Waals surface area contributed by atoms with E-state index in [9.17, 15) is 5.11 Å². The Morgan fingerprint density at radius 1 is 1.50 bits per heavy atom. The molecule has 0 saturated carbocycles. The van der Waals surface area contributed by atoms with Gasteiger partial charge in [0.1, 0.15) is 0 Å². The third-order valence-corrected chi connectivity index (χ3v) is 3.34. The zero-order chi connectivity index (χ0) is 12.2. The fourth-order valence-electron chi connectivity index (χ4n) is 2.12. The summed E-state index contributed by atoms with van der Waals surface area (Å²) in [4.78, 5) is 0. The molecule has 0 amide bonds. The lowest BCUT2D eigenvalue weighted by Crippen LogP contribution is -2.18. The monoisotopic (exact) mass is 222 g/mol. The molecule has 0 bridgehead atoms. The number of allylic oxidation sites excluding steroid dienone is 4. The number of hydrogen-bond donors (Lipinski definition) is 1. The first-order valence-electron chi connectivity index (χ1n) is 6.49. The topological polar surface area (TPSA) is 20.2 Å². The van der Waals surface area contributed by atoms with Crippen molar-refractivity contribution in [3.05, 3.63) is 23.8 Å². The molecule has 1 aliphatic carbocycles. The highest BCUT2D eigenvalue weighted by Gasteiger charge is 2.14. The minimum Gasteiger partial charge on any atom is -0.390 e. The van der Waals surface area contributed by atoms with Crippen LogP contribution in [0.2, 0.25) is 0 Å². The van der Waals surface area contributed by atoms with Gasteiger partial charge in [-0.25, -0.2) is 0 Å². The van der Waals surface area contributed by atoms with E-state index in [1.54, 1.807) is 0 Å². The first kappa shape index (κ1) is 13.5. The predicted octanol–water partition coefficient (Wildman–Crippen LogP) is 4.09. The highest BCUT2D eigenvalue weighted by Crippen LogP contribution is 2.26. The van der Waals surface area contributed by atoms with Crippen LogP contribution in [0.25, 0.3) is 0 Å². The summed E-state index contributed by atoms with van der Waals surface area (Å²) in [7, 11) is 0. The molecule has 92 valence electrons. The normalized spacial score (nSPS) is 23.1. The van der Waals surface area contributed by atoms with Gasteiger partial charge in [0.25, 0.3) is 0 Å². The molecule has 2 unspecified atom stereocenters. The molecule has 0 aromatic heterocycles. The zero-order valence-corrected chi connectivity index (χ0v) is 11.2. The molecule has 2 atom stereocenters. The van der Waals surface area contributed by atoms with Gasteiger partial charge in [-0.2, -0.15) is 0 Å². The van der Waals surface area contributed by atoms with Crippen molar-refractivity contribution >= 4 is 0 Å². The quantitative estimate of drug-likeness (QED) is 0.743. The van der Waals surface area contributed by atoms with Crippen molar-refractivity contribution in [1.29, 1.82) is 0 Å². The van der Waals surface area contributed by atoms with E-state index in [1.165, 1.54) is 18.4 Å². The predicted molar refractivity (Wildman–Crippen MR) is 70.3 cm³/mol. The van der Waals surface area contributed by atoms with Crippen LogP contribution in [0.3, 0.4) is 0 Å². The van der Waals surface area contributed by atoms with Crippen LogP contribution in [0.5, 0.6) is 0 Å². The van der Waals surface area contributed by atoms with Gasteiger partial charge < -0.3 is 5.11 Å². The molecule has 1 aliphatic rings. The van der Waals surface area contributed by atoms with E-state index in [-0.39, 0.29) is 0 Å². The van der Waals surface area contributed by atoms with Crippen LogP contribution in [0.4, 0.5) is 0 Å². The maximum Gasteiger partial charge on any atom is 0.0591 e. The Kier molecular flexibility index (Phi) is 4.79. The van der Waals surface area contributed by atoms with Gasteiger partial charge in [-0.15, -0.1) is 0 Å². The lowest BCUT2D eigenvalue weighted by Gasteiger charge is -2.20. The van der Waals surface area contributed by atoms with Gasteiger partial charge in [-0.1, -0.05) is 38.5 Å². The SMILES string of the molecule is CC1C=CC(C(C)CCCC(C)(C)O)=CC1. The maximum absolute atomic E-state index is 9.65. The van der Waals surface area contributed by atoms with Crippen molar-refractivity contribution in [3.63, 3.8) is 0 Å². The van der Waals surface area contributed by atoms with Gasteiger partial charge >= 0.3 is 0 Å². The van der Waals surface area contributed by atoms with Crippen LogP contribution < -0.4 is 0 Å². The van der Waals surface area contributed by atoms with Crippen LogP contribution in [0, 0.1) is 11.8 Å². The van der Waals surface area contributed by atoms with Crippen LogP contribution in [-0.4, -0.2) is 10.7 Å². The second-order valence-electron chi connectivity index (χ2n) is 5.88. The summed E-state index contributed by atoms with van der Waals surface area (Å²) in [5, 5.41) is 9.65. The summed E-state index contributed by atoms with van der Waals surface area (Å²) in [6, 6.07) is 0. The lowest BCUT2D eigenvalue weighted by molar-refractivity contribution is 0.0674. The van der Waals surface area contributed by atoms with Crippen LogP contribution in [0.15, 0.2) is 23.8 Å². The highest BCUT2D eigenvalue weighted by atomic mass is 16.3. The average molecular weight is 222 g/mol. The van der Waals surface area contributed by atoms with Gasteiger partial charge in [0.15, 0.2) is 0 Å². The average Bonchev–Trinajstić information content (AvgIpc) is 2.16. The van der Waals surface area contributed by atoms with E-state index in [0.717, 1.165) is 12.8 Å². The van der Waals surface area contributed by atoms with Gasteiger partial charge in [0, 0.05) is 0 Å². The van der Waals surface area contributed by atoms with Crippen molar-refractivity contribution in [3.8, 4) is 0 Å². The molecule has 0 aromatic rings. The van der Waals surface area contributed by atoms with Crippen LogP contribution in [0.1, 0.15) is 53.4 Å². The van der Waals surface area contributed by atoms with Crippen LogP contribution in [-0.2, 0) is 0 Å². The fraction of sp³-hybridized carbons (Fsp3) is 0.733.